The van der Waals surface area contributed by atoms with Crippen LogP contribution in [-0.4, -0.2) is 26.8 Å². The van der Waals surface area contributed by atoms with Crippen molar-refractivity contribution < 1.29 is 9.13 Å². The maximum absolute atomic E-state index is 14.0. The third-order valence-electron chi connectivity index (χ3n) is 2.76. The third kappa shape index (κ3) is 3.96. The number of rotatable bonds is 7. The minimum absolute atomic E-state index is 0.213. The van der Waals surface area contributed by atoms with Crippen LogP contribution in [0.3, 0.4) is 0 Å². The van der Waals surface area contributed by atoms with Crippen LogP contribution >= 0.6 is 0 Å². The summed E-state index contributed by atoms with van der Waals surface area (Å²) >= 11 is 0. The number of methoxy groups -OCH3 is 1. The van der Waals surface area contributed by atoms with Gasteiger partial charge in [0.1, 0.15) is 5.82 Å². The molecule has 2 N–H and O–H groups in total. The number of ether oxygens (including phenoxy) is 1. The fourth-order valence-corrected chi connectivity index (χ4v) is 2.02. The first-order chi connectivity index (χ1) is 8.60. The molecule has 0 aliphatic heterocycles. The van der Waals surface area contributed by atoms with Gasteiger partial charge in [-0.15, -0.1) is 0 Å². The molecule has 0 saturated carbocycles. The predicted molar refractivity (Wildman–Crippen MR) is 73.2 cm³/mol. The topological polar surface area (TPSA) is 38.5 Å². The fraction of sp³-hybridized carbons (Fsp3) is 0.571. The second-order valence-electron chi connectivity index (χ2n) is 4.78. The van der Waals surface area contributed by atoms with Crippen molar-refractivity contribution in [2.75, 3.05) is 31.7 Å². The molecular weight excluding hydrogens is 231 g/mol. The smallest absolute Gasteiger partial charge is 0.146 e. The van der Waals surface area contributed by atoms with Crippen LogP contribution in [0.25, 0.3) is 0 Å². The summed E-state index contributed by atoms with van der Waals surface area (Å²) in [5.74, 6) is 0.238. The maximum Gasteiger partial charge on any atom is 0.146 e. The van der Waals surface area contributed by atoms with Crippen LogP contribution in [0.1, 0.15) is 19.4 Å². The van der Waals surface area contributed by atoms with Gasteiger partial charge in [-0.3, -0.25) is 0 Å². The molecule has 0 radical (unpaired) electrons. The normalized spacial score (nSPS) is 11.0. The van der Waals surface area contributed by atoms with Gasteiger partial charge in [0.25, 0.3) is 0 Å². The first-order valence-electron chi connectivity index (χ1n) is 6.31. The zero-order valence-electron chi connectivity index (χ0n) is 11.4. The monoisotopic (exact) mass is 254 g/mol. The Hall–Kier alpha value is -1.13. The van der Waals surface area contributed by atoms with E-state index in [0.29, 0.717) is 31.3 Å². The maximum atomic E-state index is 14.0. The molecule has 102 valence electrons. The number of para-hydroxylation sites is 1. The van der Waals surface area contributed by atoms with Gasteiger partial charge in [0.2, 0.25) is 0 Å². The minimum Gasteiger partial charge on any atom is -0.383 e. The molecule has 18 heavy (non-hydrogen) atoms. The van der Waals surface area contributed by atoms with Crippen molar-refractivity contribution in [2.24, 2.45) is 11.7 Å². The van der Waals surface area contributed by atoms with Crippen LogP contribution in [0.4, 0.5) is 10.1 Å². The summed E-state index contributed by atoms with van der Waals surface area (Å²) < 4.78 is 19.1. The zero-order valence-corrected chi connectivity index (χ0v) is 11.4. The summed E-state index contributed by atoms with van der Waals surface area (Å²) in [6.45, 7) is 6.60. The predicted octanol–water partition coefficient (Wildman–Crippen LogP) is 2.39. The molecule has 0 saturated heterocycles. The first kappa shape index (κ1) is 14.9. The summed E-state index contributed by atoms with van der Waals surface area (Å²) in [4.78, 5) is 2.02. The number of benzene rings is 1. The van der Waals surface area contributed by atoms with Crippen LogP contribution < -0.4 is 10.6 Å². The van der Waals surface area contributed by atoms with Crippen LogP contribution in [0.15, 0.2) is 18.2 Å². The molecule has 0 bridgehead atoms. The molecule has 1 aromatic rings. The lowest BCUT2D eigenvalue weighted by molar-refractivity contribution is 0.204. The largest absolute Gasteiger partial charge is 0.383 e. The number of nitrogens with zero attached hydrogens (tertiary/aromatic N) is 1. The average Bonchev–Trinajstić information content (AvgIpc) is 2.34. The Kier molecular flexibility index (Phi) is 6.09. The Labute approximate surface area is 109 Å². The molecule has 0 fully saturated rings. The highest BCUT2D eigenvalue weighted by molar-refractivity contribution is 5.55. The summed E-state index contributed by atoms with van der Waals surface area (Å²) in [7, 11) is 1.65. The van der Waals surface area contributed by atoms with Crippen molar-refractivity contribution in [3.63, 3.8) is 0 Å². The Balaban J connectivity index is 3.02. The van der Waals surface area contributed by atoms with Crippen LogP contribution in [0.2, 0.25) is 0 Å². The molecule has 0 aliphatic carbocycles. The van der Waals surface area contributed by atoms with Gasteiger partial charge in [0.05, 0.1) is 12.3 Å². The van der Waals surface area contributed by atoms with Gasteiger partial charge in [-0.1, -0.05) is 26.0 Å². The fourth-order valence-electron chi connectivity index (χ4n) is 2.02. The first-order valence-corrected chi connectivity index (χ1v) is 6.31. The molecule has 1 aromatic carbocycles. The van der Waals surface area contributed by atoms with Gasteiger partial charge in [-0.25, -0.2) is 4.39 Å². The molecule has 0 amide bonds. The highest BCUT2D eigenvalue weighted by Crippen LogP contribution is 2.25. The van der Waals surface area contributed by atoms with E-state index in [4.69, 9.17) is 10.5 Å². The quantitative estimate of drug-likeness (QED) is 0.812. The third-order valence-corrected chi connectivity index (χ3v) is 2.76. The van der Waals surface area contributed by atoms with Gasteiger partial charge >= 0.3 is 0 Å². The molecule has 3 nitrogen and oxygen atoms in total. The Morgan fingerprint density at radius 2 is 2.11 bits per heavy atom. The highest BCUT2D eigenvalue weighted by Gasteiger charge is 2.16. The van der Waals surface area contributed by atoms with Gasteiger partial charge in [-0.2, -0.15) is 0 Å². The number of hydrogen-bond acceptors (Lipinski definition) is 3. The van der Waals surface area contributed by atoms with E-state index in [9.17, 15) is 4.39 Å². The van der Waals surface area contributed by atoms with Gasteiger partial charge in [0, 0.05) is 26.7 Å². The lowest BCUT2D eigenvalue weighted by atomic mass is 10.1. The number of anilines is 1. The Morgan fingerprint density at radius 3 is 2.67 bits per heavy atom. The molecule has 0 heterocycles. The van der Waals surface area contributed by atoms with Crippen molar-refractivity contribution in [3.8, 4) is 0 Å². The molecule has 4 heteroatoms. The molecule has 0 unspecified atom stereocenters. The Morgan fingerprint density at radius 1 is 1.39 bits per heavy atom. The van der Waals surface area contributed by atoms with E-state index in [1.165, 1.54) is 6.07 Å². The van der Waals surface area contributed by atoms with E-state index < -0.39 is 0 Å². The lowest BCUT2D eigenvalue weighted by Crippen LogP contribution is -2.32. The van der Waals surface area contributed by atoms with Crippen molar-refractivity contribution in [2.45, 2.75) is 20.4 Å². The number of halogens is 1. The summed E-state index contributed by atoms with van der Waals surface area (Å²) in [6, 6.07) is 5.05. The summed E-state index contributed by atoms with van der Waals surface area (Å²) in [6.07, 6.45) is 0. The van der Waals surface area contributed by atoms with E-state index in [0.717, 1.165) is 12.1 Å². The van der Waals surface area contributed by atoms with Crippen LogP contribution in [-0.2, 0) is 11.3 Å². The summed E-state index contributed by atoms with van der Waals surface area (Å²) in [5.41, 5.74) is 7.15. The minimum atomic E-state index is -0.213. The second kappa shape index (κ2) is 7.34. The molecule has 0 atom stereocenters. The SMILES string of the molecule is COCCN(CC(C)C)c1c(F)cccc1CN. The van der Waals surface area contributed by atoms with Gasteiger partial charge in [0.15, 0.2) is 0 Å². The van der Waals surface area contributed by atoms with Gasteiger partial charge < -0.3 is 15.4 Å². The molecule has 0 aromatic heterocycles. The lowest BCUT2D eigenvalue weighted by Gasteiger charge is -2.28. The van der Waals surface area contributed by atoms with Gasteiger partial charge in [-0.05, 0) is 17.5 Å². The standard InChI is InChI=1S/C14H23FN2O/c1-11(2)10-17(7-8-18-3)14-12(9-16)5-4-6-13(14)15/h4-6,11H,7-10,16H2,1-3H3. The zero-order chi connectivity index (χ0) is 13.5. The van der Waals surface area contributed by atoms with E-state index in [-0.39, 0.29) is 5.82 Å². The average molecular weight is 254 g/mol. The highest BCUT2D eigenvalue weighted by atomic mass is 19.1. The molecule has 1 rings (SSSR count). The van der Waals surface area contributed by atoms with E-state index in [2.05, 4.69) is 13.8 Å². The van der Waals surface area contributed by atoms with Crippen molar-refractivity contribution in [1.29, 1.82) is 0 Å². The second-order valence-corrected chi connectivity index (χ2v) is 4.78. The van der Waals surface area contributed by atoms with Crippen LogP contribution in [0, 0.1) is 11.7 Å². The van der Waals surface area contributed by atoms with Crippen molar-refractivity contribution in [3.05, 3.63) is 29.6 Å². The summed E-state index contributed by atoms with van der Waals surface area (Å²) in [5, 5.41) is 0. The number of hydrogen-bond donors (Lipinski definition) is 1. The van der Waals surface area contributed by atoms with Crippen LogP contribution in [0.5, 0.6) is 0 Å². The van der Waals surface area contributed by atoms with E-state index in [1.807, 2.05) is 11.0 Å². The van der Waals surface area contributed by atoms with E-state index in [1.54, 1.807) is 13.2 Å². The molecule has 0 aliphatic rings. The molecular formula is C14H23FN2O. The molecule has 0 spiro atoms. The van der Waals surface area contributed by atoms with Crippen molar-refractivity contribution in [1.82, 2.24) is 0 Å². The van der Waals surface area contributed by atoms with E-state index >= 15 is 0 Å². The van der Waals surface area contributed by atoms with Crippen molar-refractivity contribution >= 4 is 5.69 Å². The Bertz CT molecular complexity index is 369. The number of nitrogens with two attached hydrogens (primary N) is 1.